The zero-order valence-corrected chi connectivity index (χ0v) is 13.5. The SMILES string of the molecule is Cc1cc(C)cc(NC2=NC3(CCC(C)CC3)CS2)c1. The number of benzene rings is 1. The van der Waals surface area contributed by atoms with Crippen LogP contribution in [0.1, 0.15) is 43.7 Å². The first-order valence-corrected chi connectivity index (χ1v) is 8.61. The molecular weight excluding hydrogens is 264 g/mol. The normalized spacial score (nSPS) is 29.6. The molecule has 3 heteroatoms. The van der Waals surface area contributed by atoms with E-state index in [4.69, 9.17) is 4.99 Å². The number of anilines is 1. The number of aryl methyl sites for hydroxylation is 2. The van der Waals surface area contributed by atoms with Crippen LogP contribution in [-0.2, 0) is 0 Å². The molecule has 1 spiro atoms. The van der Waals surface area contributed by atoms with E-state index in [1.165, 1.54) is 42.5 Å². The lowest BCUT2D eigenvalue weighted by atomic mass is 9.79. The number of nitrogens with one attached hydrogen (secondary N) is 1. The van der Waals surface area contributed by atoms with Gasteiger partial charge in [-0.1, -0.05) is 24.8 Å². The second-order valence-corrected chi connectivity index (χ2v) is 7.58. The minimum atomic E-state index is 0.235. The first kappa shape index (κ1) is 14.0. The van der Waals surface area contributed by atoms with Crippen molar-refractivity contribution in [3.05, 3.63) is 29.3 Å². The number of hydrogen-bond donors (Lipinski definition) is 1. The van der Waals surface area contributed by atoms with E-state index in [1.807, 2.05) is 11.8 Å². The molecule has 0 amide bonds. The maximum absolute atomic E-state index is 5.04. The highest BCUT2D eigenvalue weighted by atomic mass is 32.2. The van der Waals surface area contributed by atoms with Crippen molar-refractivity contribution >= 4 is 22.6 Å². The molecule has 20 heavy (non-hydrogen) atoms. The summed E-state index contributed by atoms with van der Waals surface area (Å²) in [6.45, 7) is 6.66. The molecule has 0 aromatic heterocycles. The molecule has 0 saturated heterocycles. The van der Waals surface area contributed by atoms with Gasteiger partial charge in [0.2, 0.25) is 0 Å². The Labute approximate surface area is 126 Å². The molecule has 0 radical (unpaired) electrons. The van der Waals surface area contributed by atoms with Gasteiger partial charge in [-0.05, 0) is 68.7 Å². The Balaban J connectivity index is 1.72. The Morgan fingerprint density at radius 1 is 1.15 bits per heavy atom. The van der Waals surface area contributed by atoms with Crippen LogP contribution in [-0.4, -0.2) is 16.5 Å². The van der Waals surface area contributed by atoms with Crippen LogP contribution in [0.25, 0.3) is 0 Å². The Kier molecular flexibility index (Phi) is 3.80. The summed E-state index contributed by atoms with van der Waals surface area (Å²) >= 11 is 1.89. The van der Waals surface area contributed by atoms with Crippen molar-refractivity contribution in [1.29, 1.82) is 0 Å². The van der Waals surface area contributed by atoms with E-state index in [1.54, 1.807) is 0 Å². The third-order valence-corrected chi connectivity index (χ3v) is 5.64. The summed E-state index contributed by atoms with van der Waals surface area (Å²) in [6, 6.07) is 6.60. The zero-order chi connectivity index (χ0) is 14.2. The van der Waals surface area contributed by atoms with Gasteiger partial charge in [-0.2, -0.15) is 0 Å². The molecule has 3 rings (SSSR count). The van der Waals surface area contributed by atoms with Gasteiger partial charge in [0.1, 0.15) is 0 Å². The van der Waals surface area contributed by atoms with Gasteiger partial charge in [0.15, 0.2) is 5.17 Å². The fourth-order valence-electron chi connectivity index (χ4n) is 3.27. The predicted octanol–water partition coefficient (Wildman–Crippen LogP) is 4.77. The molecule has 1 aromatic rings. The molecule has 1 fully saturated rings. The first-order valence-electron chi connectivity index (χ1n) is 7.63. The lowest BCUT2D eigenvalue weighted by Crippen LogP contribution is -2.32. The van der Waals surface area contributed by atoms with Gasteiger partial charge in [0.25, 0.3) is 0 Å². The van der Waals surface area contributed by atoms with Crippen molar-refractivity contribution in [3.63, 3.8) is 0 Å². The topological polar surface area (TPSA) is 24.4 Å². The van der Waals surface area contributed by atoms with Crippen LogP contribution >= 0.6 is 11.8 Å². The van der Waals surface area contributed by atoms with Gasteiger partial charge in [-0.3, -0.25) is 4.99 Å². The summed E-state index contributed by atoms with van der Waals surface area (Å²) in [6.07, 6.45) is 5.19. The smallest absolute Gasteiger partial charge is 0.161 e. The minimum absolute atomic E-state index is 0.235. The predicted molar refractivity (Wildman–Crippen MR) is 89.8 cm³/mol. The maximum Gasteiger partial charge on any atom is 0.161 e. The van der Waals surface area contributed by atoms with Crippen LogP contribution in [0.2, 0.25) is 0 Å². The molecule has 1 N–H and O–H groups in total. The fourth-order valence-corrected chi connectivity index (χ4v) is 4.48. The van der Waals surface area contributed by atoms with E-state index >= 15 is 0 Å². The molecule has 2 nitrogen and oxygen atoms in total. The molecule has 1 aliphatic carbocycles. The minimum Gasteiger partial charge on any atom is -0.335 e. The Bertz CT molecular complexity index is 508. The highest BCUT2D eigenvalue weighted by Gasteiger charge is 2.38. The van der Waals surface area contributed by atoms with Crippen molar-refractivity contribution in [1.82, 2.24) is 0 Å². The summed E-state index contributed by atoms with van der Waals surface area (Å²) in [5.74, 6) is 2.05. The number of amidine groups is 1. The quantitative estimate of drug-likeness (QED) is 0.805. The van der Waals surface area contributed by atoms with E-state index in [-0.39, 0.29) is 5.54 Å². The zero-order valence-electron chi connectivity index (χ0n) is 12.7. The van der Waals surface area contributed by atoms with Crippen molar-refractivity contribution < 1.29 is 0 Å². The van der Waals surface area contributed by atoms with Crippen molar-refractivity contribution in [3.8, 4) is 0 Å². The Morgan fingerprint density at radius 3 is 2.45 bits per heavy atom. The lowest BCUT2D eigenvalue weighted by Gasteiger charge is -2.32. The van der Waals surface area contributed by atoms with Gasteiger partial charge in [-0.25, -0.2) is 0 Å². The number of aliphatic imine (C=N–C) groups is 1. The first-order chi connectivity index (χ1) is 9.55. The molecule has 1 aromatic carbocycles. The number of nitrogens with zero attached hydrogens (tertiary/aromatic N) is 1. The lowest BCUT2D eigenvalue weighted by molar-refractivity contribution is 0.273. The van der Waals surface area contributed by atoms with Gasteiger partial charge < -0.3 is 5.32 Å². The Hall–Kier alpha value is -0.960. The highest BCUT2D eigenvalue weighted by Crippen LogP contribution is 2.41. The molecule has 0 bridgehead atoms. The van der Waals surface area contributed by atoms with Crippen LogP contribution in [0.5, 0.6) is 0 Å². The Morgan fingerprint density at radius 2 is 1.80 bits per heavy atom. The molecule has 0 unspecified atom stereocenters. The molecule has 108 valence electrons. The van der Waals surface area contributed by atoms with Crippen molar-refractivity contribution in [2.24, 2.45) is 10.9 Å². The summed E-state index contributed by atoms with van der Waals surface area (Å²) < 4.78 is 0. The van der Waals surface area contributed by atoms with Gasteiger partial charge in [0, 0.05) is 11.4 Å². The standard InChI is InChI=1S/C17H24N2S/c1-12-4-6-17(7-5-12)11-20-16(19-17)18-15-9-13(2)8-14(3)10-15/h8-10,12H,4-7,11H2,1-3H3,(H,18,19). The van der Waals surface area contributed by atoms with E-state index in [0.717, 1.165) is 16.8 Å². The molecular formula is C17H24N2S. The highest BCUT2D eigenvalue weighted by molar-refractivity contribution is 8.14. The van der Waals surface area contributed by atoms with Crippen LogP contribution in [0, 0.1) is 19.8 Å². The summed E-state index contributed by atoms with van der Waals surface area (Å²) in [7, 11) is 0. The van der Waals surface area contributed by atoms with Crippen molar-refractivity contribution in [2.45, 2.75) is 52.0 Å². The van der Waals surface area contributed by atoms with E-state index in [0.29, 0.717) is 0 Å². The number of thioether (sulfide) groups is 1. The largest absolute Gasteiger partial charge is 0.335 e. The average Bonchev–Trinajstić information content (AvgIpc) is 2.75. The number of hydrogen-bond acceptors (Lipinski definition) is 3. The summed E-state index contributed by atoms with van der Waals surface area (Å²) in [5, 5.41) is 4.63. The van der Waals surface area contributed by atoms with E-state index in [2.05, 4.69) is 44.3 Å². The van der Waals surface area contributed by atoms with Gasteiger partial charge in [0.05, 0.1) is 5.54 Å². The van der Waals surface area contributed by atoms with Crippen molar-refractivity contribution in [2.75, 3.05) is 11.1 Å². The molecule has 2 aliphatic rings. The second kappa shape index (κ2) is 5.44. The summed E-state index contributed by atoms with van der Waals surface area (Å²) in [4.78, 5) is 5.04. The monoisotopic (exact) mass is 288 g/mol. The molecule has 1 saturated carbocycles. The fraction of sp³-hybridized carbons (Fsp3) is 0.588. The van der Waals surface area contributed by atoms with Gasteiger partial charge >= 0.3 is 0 Å². The van der Waals surface area contributed by atoms with Crippen LogP contribution in [0.4, 0.5) is 5.69 Å². The van der Waals surface area contributed by atoms with Gasteiger partial charge in [-0.15, -0.1) is 0 Å². The van der Waals surface area contributed by atoms with Crippen LogP contribution in [0.15, 0.2) is 23.2 Å². The number of rotatable bonds is 1. The summed E-state index contributed by atoms with van der Waals surface area (Å²) in [5.41, 5.74) is 4.02. The van der Waals surface area contributed by atoms with E-state index in [9.17, 15) is 0 Å². The average molecular weight is 288 g/mol. The second-order valence-electron chi connectivity index (χ2n) is 6.61. The maximum atomic E-state index is 5.04. The molecule has 1 aliphatic heterocycles. The third-order valence-electron chi connectivity index (χ3n) is 4.49. The third kappa shape index (κ3) is 3.03. The molecule has 0 atom stereocenters. The van der Waals surface area contributed by atoms with E-state index < -0.39 is 0 Å². The van der Waals surface area contributed by atoms with Crippen LogP contribution < -0.4 is 5.32 Å². The molecule has 1 heterocycles. The van der Waals surface area contributed by atoms with Crippen LogP contribution in [0.3, 0.4) is 0 Å².